The van der Waals surface area contributed by atoms with E-state index >= 15 is 0 Å². The maximum atomic E-state index is 10.8. The molecule has 0 fully saturated rings. The Hall–Kier alpha value is 0.400. The maximum absolute atomic E-state index is 10.8. The summed E-state index contributed by atoms with van der Waals surface area (Å²) in [6.07, 6.45) is 0. The topological polar surface area (TPSA) is 66.8 Å². The number of rotatable bonds is 3. The van der Waals surface area contributed by atoms with Crippen LogP contribution in [0.15, 0.2) is 0 Å². The molecule has 0 aliphatic heterocycles. The van der Waals surface area contributed by atoms with E-state index in [4.69, 9.17) is 21.4 Å². The van der Waals surface area contributed by atoms with Gasteiger partial charge in [-0.15, -0.1) is 0 Å². The minimum absolute atomic E-state index is 0.186. The molecule has 1 atom stereocenters. The van der Waals surface area contributed by atoms with Gasteiger partial charge in [0.1, 0.15) is 5.56 Å². The summed E-state index contributed by atoms with van der Waals surface area (Å²) in [7, 11) is -4.55. The first-order valence-electron chi connectivity index (χ1n) is 5.13. The molecule has 0 saturated heterocycles. The quantitative estimate of drug-likeness (QED) is 0.611. The molecular formula is C10H22ClO4P. The number of hydrogen-bond acceptors (Lipinski definition) is 2. The predicted molar refractivity (Wildman–Crippen MR) is 65.2 cm³/mol. The number of hydrogen-bond donors (Lipinski definition) is 2. The molecule has 0 radical (unpaired) electrons. The second kappa shape index (κ2) is 4.95. The Labute approximate surface area is 103 Å². The molecule has 16 heavy (non-hydrogen) atoms. The van der Waals surface area contributed by atoms with Gasteiger partial charge < -0.3 is 9.79 Å². The molecule has 0 saturated carbocycles. The van der Waals surface area contributed by atoms with Crippen LogP contribution in [0.3, 0.4) is 0 Å². The van der Waals surface area contributed by atoms with Gasteiger partial charge in [0.25, 0.3) is 0 Å². The second-order valence-electron chi connectivity index (χ2n) is 6.16. The van der Waals surface area contributed by atoms with Crippen molar-refractivity contribution in [1.29, 1.82) is 0 Å². The first-order valence-corrected chi connectivity index (χ1v) is 7.10. The van der Waals surface area contributed by atoms with Gasteiger partial charge in [-0.1, -0.05) is 53.1 Å². The number of phosphoric ester groups is 1. The SMILES string of the molecule is CC(C)(C)C(C(Cl)OP(=O)(O)O)C(C)(C)C. The fourth-order valence-electron chi connectivity index (χ4n) is 2.28. The van der Waals surface area contributed by atoms with Gasteiger partial charge in [0, 0.05) is 5.92 Å². The van der Waals surface area contributed by atoms with E-state index in [-0.39, 0.29) is 16.7 Å². The lowest BCUT2D eigenvalue weighted by molar-refractivity contribution is 0.0162. The van der Waals surface area contributed by atoms with Crippen molar-refractivity contribution in [3.8, 4) is 0 Å². The van der Waals surface area contributed by atoms with E-state index in [1.807, 2.05) is 41.5 Å². The third-order valence-corrected chi connectivity index (χ3v) is 3.33. The zero-order valence-electron chi connectivity index (χ0n) is 10.7. The van der Waals surface area contributed by atoms with Crippen LogP contribution in [0.4, 0.5) is 0 Å². The largest absolute Gasteiger partial charge is 0.471 e. The average Bonchev–Trinajstić information content (AvgIpc) is 1.70. The Bertz CT molecular complexity index is 260. The molecular weight excluding hydrogens is 251 g/mol. The number of alkyl halides is 1. The Morgan fingerprint density at radius 3 is 1.56 bits per heavy atom. The van der Waals surface area contributed by atoms with Gasteiger partial charge in [0.05, 0.1) is 0 Å². The third kappa shape index (κ3) is 5.65. The van der Waals surface area contributed by atoms with Crippen molar-refractivity contribution in [3.05, 3.63) is 0 Å². The molecule has 0 heterocycles. The number of halogens is 1. The lowest BCUT2D eigenvalue weighted by atomic mass is 9.67. The minimum Gasteiger partial charge on any atom is -0.303 e. The summed E-state index contributed by atoms with van der Waals surface area (Å²) in [4.78, 5) is 17.5. The fourth-order valence-corrected chi connectivity index (χ4v) is 3.73. The lowest BCUT2D eigenvalue weighted by Crippen LogP contribution is -2.40. The van der Waals surface area contributed by atoms with E-state index in [1.165, 1.54) is 0 Å². The summed E-state index contributed by atoms with van der Waals surface area (Å²) in [6.45, 7) is 11.8. The van der Waals surface area contributed by atoms with Crippen LogP contribution in [0.1, 0.15) is 41.5 Å². The molecule has 0 aliphatic carbocycles. The van der Waals surface area contributed by atoms with Gasteiger partial charge in [0.2, 0.25) is 0 Å². The van der Waals surface area contributed by atoms with Crippen molar-refractivity contribution >= 4 is 19.4 Å². The highest BCUT2D eigenvalue weighted by Gasteiger charge is 2.42. The highest BCUT2D eigenvalue weighted by atomic mass is 35.5. The lowest BCUT2D eigenvalue weighted by Gasteiger charge is -2.42. The molecule has 0 amide bonds. The van der Waals surface area contributed by atoms with Crippen molar-refractivity contribution in [1.82, 2.24) is 0 Å². The summed E-state index contributed by atoms with van der Waals surface area (Å²) in [6, 6.07) is 0. The summed E-state index contributed by atoms with van der Waals surface area (Å²) >= 11 is 5.99. The highest BCUT2D eigenvalue weighted by Crippen LogP contribution is 2.49. The molecule has 0 aromatic rings. The molecule has 0 rings (SSSR count). The fraction of sp³-hybridized carbons (Fsp3) is 1.00. The van der Waals surface area contributed by atoms with Crippen LogP contribution in [0.25, 0.3) is 0 Å². The molecule has 1 unspecified atom stereocenters. The summed E-state index contributed by atoms with van der Waals surface area (Å²) in [5.74, 6) is -0.186. The zero-order valence-corrected chi connectivity index (χ0v) is 12.3. The summed E-state index contributed by atoms with van der Waals surface area (Å²) in [5, 5.41) is 0. The first kappa shape index (κ1) is 16.4. The van der Waals surface area contributed by atoms with Crippen LogP contribution in [-0.2, 0) is 9.09 Å². The van der Waals surface area contributed by atoms with Crippen LogP contribution in [-0.4, -0.2) is 15.3 Å². The second-order valence-corrected chi connectivity index (χ2v) is 7.78. The maximum Gasteiger partial charge on any atom is 0.471 e. The summed E-state index contributed by atoms with van der Waals surface area (Å²) < 4.78 is 15.4. The van der Waals surface area contributed by atoms with E-state index in [0.717, 1.165) is 0 Å². The van der Waals surface area contributed by atoms with Gasteiger partial charge in [0.15, 0.2) is 0 Å². The summed E-state index contributed by atoms with van der Waals surface area (Å²) in [5.41, 5.74) is -1.43. The molecule has 6 heteroatoms. The van der Waals surface area contributed by atoms with E-state index in [2.05, 4.69) is 4.52 Å². The van der Waals surface area contributed by atoms with Gasteiger partial charge in [-0.05, 0) is 10.8 Å². The zero-order chi connectivity index (χ0) is 13.4. The van der Waals surface area contributed by atoms with E-state index in [0.29, 0.717) is 0 Å². The normalized spacial score (nSPS) is 16.6. The monoisotopic (exact) mass is 272 g/mol. The van der Waals surface area contributed by atoms with E-state index in [1.54, 1.807) is 0 Å². The van der Waals surface area contributed by atoms with Crippen LogP contribution >= 0.6 is 19.4 Å². The van der Waals surface area contributed by atoms with E-state index in [9.17, 15) is 4.57 Å². The highest BCUT2D eigenvalue weighted by molar-refractivity contribution is 7.46. The van der Waals surface area contributed by atoms with Crippen molar-refractivity contribution in [2.75, 3.05) is 0 Å². The third-order valence-electron chi connectivity index (χ3n) is 2.37. The molecule has 0 aliphatic rings. The van der Waals surface area contributed by atoms with Gasteiger partial charge >= 0.3 is 7.82 Å². The Balaban J connectivity index is 5.01. The van der Waals surface area contributed by atoms with Crippen LogP contribution in [0.2, 0.25) is 0 Å². The standard InChI is InChI=1S/C10H22ClO4P/c1-9(2,3)7(10(4,5)6)8(11)15-16(12,13)14/h7-8H,1-6H3,(H2,12,13,14). The minimum atomic E-state index is -4.55. The van der Waals surface area contributed by atoms with E-state index < -0.39 is 13.4 Å². The molecule has 4 nitrogen and oxygen atoms in total. The predicted octanol–water partition coefficient (Wildman–Crippen LogP) is 3.37. The molecule has 0 aromatic heterocycles. The molecule has 98 valence electrons. The first-order chi connectivity index (χ1) is 6.75. The molecule has 2 N–H and O–H groups in total. The van der Waals surface area contributed by atoms with Gasteiger partial charge in [-0.3, -0.25) is 4.52 Å². The Morgan fingerprint density at radius 1 is 1.06 bits per heavy atom. The molecule has 0 aromatic carbocycles. The Morgan fingerprint density at radius 2 is 1.38 bits per heavy atom. The smallest absolute Gasteiger partial charge is 0.303 e. The van der Waals surface area contributed by atoms with Gasteiger partial charge in [-0.25, -0.2) is 4.57 Å². The average molecular weight is 273 g/mol. The van der Waals surface area contributed by atoms with Crippen LogP contribution in [0, 0.1) is 16.7 Å². The Kier molecular flexibility index (Phi) is 5.07. The van der Waals surface area contributed by atoms with Crippen molar-refractivity contribution < 1.29 is 18.9 Å². The molecule has 0 bridgehead atoms. The number of phosphoric acid groups is 1. The van der Waals surface area contributed by atoms with Crippen molar-refractivity contribution in [3.63, 3.8) is 0 Å². The van der Waals surface area contributed by atoms with Crippen LogP contribution < -0.4 is 0 Å². The van der Waals surface area contributed by atoms with Crippen LogP contribution in [0.5, 0.6) is 0 Å². The van der Waals surface area contributed by atoms with Crippen molar-refractivity contribution in [2.45, 2.75) is 47.1 Å². The van der Waals surface area contributed by atoms with Gasteiger partial charge in [-0.2, -0.15) is 0 Å². The molecule has 0 spiro atoms. The van der Waals surface area contributed by atoms with Crippen molar-refractivity contribution in [2.24, 2.45) is 16.7 Å².